The molecule has 0 saturated heterocycles. The molecule has 0 saturated carbocycles. The van der Waals surface area contributed by atoms with E-state index in [9.17, 15) is 9.59 Å². The standard InChI is InChI=1S/C25H31N3O2/c29-24-14-19-27-17-7-1-5-15-26(16-6-2-8-18-28(24)25(27)30)20-22-12-9-11-21-10-3-4-13-23(21)22/h3-4,9-14,19H,1-2,5-8,15-18,20H2. The third-order valence-corrected chi connectivity index (χ3v) is 6.14. The molecule has 0 atom stereocenters. The molecule has 2 heterocycles. The van der Waals surface area contributed by atoms with Gasteiger partial charge in [-0.25, -0.2) is 4.79 Å². The van der Waals surface area contributed by atoms with E-state index < -0.39 is 0 Å². The Hall–Kier alpha value is -2.66. The average molecular weight is 406 g/mol. The zero-order valence-electron chi connectivity index (χ0n) is 17.6. The maximum absolute atomic E-state index is 12.5. The third-order valence-electron chi connectivity index (χ3n) is 6.14. The summed E-state index contributed by atoms with van der Waals surface area (Å²) >= 11 is 0. The molecule has 4 rings (SSSR count). The minimum atomic E-state index is -0.180. The Morgan fingerprint density at radius 2 is 1.40 bits per heavy atom. The average Bonchev–Trinajstić information content (AvgIpc) is 2.76. The summed E-state index contributed by atoms with van der Waals surface area (Å²) in [4.78, 5) is 27.2. The molecule has 0 spiro atoms. The van der Waals surface area contributed by atoms with Crippen molar-refractivity contribution in [3.63, 3.8) is 0 Å². The van der Waals surface area contributed by atoms with E-state index in [4.69, 9.17) is 0 Å². The van der Waals surface area contributed by atoms with Crippen LogP contribution in [0.4, 0.5) is 0 Å². The maximum atomic E-state index is 12.5. The van der Waals surface area contributed by atoms with Gasteiger partial charge < -0.3 is 4.57 Å². The minimum absolute atomic E-state index is 0.155. The molecule has 2 aromatic carbocycles. The SMILES string of the molecule is O=c1ccn2c(=O)n1CCCCCN(Cc1cccc3ccccc13)CCCCC2. The Morgan fingerprint density at radius 3 is 2.23 bits per heavy atom. The molecular weight excluding hydrogens is 374 g/mol. The summed E-state index contributed by atoms with van der Waals surface area (Å²) in [6.07, 6.45) is 7.78. The lowest BCUT2D eigenvalue weighted by Gasteiger charge is -2.23. The van der Waals surface area contributed by atoms with Crippen molar-refractivity contribution in [1.82, 2.24) is 14.0 Å². The van der Waals surface area contributed by atoms with Gasteiger partial charge in [0.2, 0.25) is 0 Å². The van der Waals surface area contributed by atoms with Gasteiger partial charge in [-0.05, 0) is 55.1 Å². The molecular formula is C25H31N3O2. The van der Waals surface area contributed by atoms with E-state index in [-0.39, 0.29) is 11.2 Å². The molecule has 0 amide bonds. The molecule has 0 unspecified atom stereocenters. The van der Waals surface area contributed by atoms with E-state index in [1.165, 1.54) is 27.0 Å². The predicted molar refractivity (Wildman–Crippen MR) is 122 cm³/mol. The fourth-order valence-electron chi connectivity index (χ4n) is 4.45. The van der Waals surface area contributed by atoms with Gasteiger partial charge in [-0.1, -0.05) is 55.3 Å². The van der Waals surface area contributed by atoms with Gasteiger partial charge >= 0.3 is 5.69 Å². The summed E-state index contributed by atoms with van der Waals surface area (Å²) < 4.78 is 3.10. The number of aromatic nitrogens is 2. The predicted octanol–water partition coefficient (Wildman–Crippen LogP) is 4.02. The van der Waals surface area contributed by atoms with Crippen LogP contribution in [0.2, 0.25) is 0 Å². The van der Waals surface area contributed by atoms with Crippen molar-refractivity contribution < 1.29 is 0 Å². The maximum Gasteiger partial charge on any atom is 0.330 e. The monoisotopic (exact) mass is 405 g/mol. The normalized spacial score (nSPS) is 16.9. The Morgan fingerprint density at radius 1 is 0.700 bits per heavy atom. The minimum Gasteiger partial charge on any atom is -0.300 e. The first-order chi connectivity index (χ1) is 14.7. The molecule has 2 bridgehead atoms. The summed E-state index contributed by atoms with van der Waals surface area (Å²) in [7, 11) is 0. The van der Waals surface area contributed by atoms with E-state index in [0.717, 1.165) is 58.2 Å². The van der Waals surface area contributed by atoms with Crippen LogP contribution in [0.5, 0.6) is 0 Å². The van der Waals surface area contributed by atoms with E-state index in [2.05, 4.69) is 47.4 Å². The van der Waals surface area contributed by atoms with E-state index in [1.807, 2.05) is 0 Å². The zero-order valence-corrected chi connectivity index (χ0v) is 17.6. The van der Waals surface area contributed by atoms with Gasteiger partial charge in [-0.2, -0.15) is 0 Å². The first-order valence-corrected chi connectivity index (χ1v) is 11.2. The largest absolute Gasteiger partial charge is 0.330 e. The first kappa shape index (κ1) is 20.6. The highest BCUT2D eigenvalue weighted by Gasteiger charge is 2.10. The molecule has 0 fully saturated rings. The molecule has 158 valence electrons. The molecule has 1 aromatic heterocycles. The molecule has 30 heavy (non-hydrogen) atoms. The number of nitrogens with zero attached hydrogens (tertiary/aromatic N) is 3. The Bertz CT molecular complexity index is 1090. The number of rotatable bonds is 2. The van der Waals surface area contributed by atoms with Crippen LogP contribution in [0.1, 0.15) is 44.1 Å². The second-order valence-electron chi connectivity index (χ2n) is 8.32. The highest BCUT2D eigenvalue weighted by molar-refractivity contribution is 5.85. The molecule has 3 aromatic rings. The third kappa shape index (κ3) is 4.90. The van der Waals surface area contributed by atoms with Crippen molar-refractivity contribution in [3.8, 4) is 0 Å². The van der Waals surface area contributed by atoms with Crippen LogP contribution in [0.25, 0.3) is 10.8 Å². The highest BCUT2D eigenvalue weighted by Crippen LogP contribution is 2.20. The second-order valence-corrected chi connectivity index (χ2v) is 8.32. The quantitative estimate of drug-likeness (QED) is 0.647. The molecule has 5 nitrogen and oxygen atoms in total. The van der Waals surface area contributed by atoms with Crippen molar-refractivity contribution in [3.05, 3.63) is 81.1 Å². The van der Waals surface area contributed by atoms with Crippen LogP contribution in [0.3, 0.4) is 0 Å². The van der Waals surface area contributed by atoms with Crippen LogP contribution in [-0.2, 0) is 19.6 Å². The molecule has 1 aliphatic heterocycles. The second kappa shape index (κ2) is 9.90. The lowest BCUT2D eigenvalue weighted by molar-refractivity contribution is 0.251. The Balaban J connectivity index is 1.45. The Kier molecular flexibility index (Phi) is 6.80. The van der Waals surface area contributed by atoms with Crippen LogP contribution >= 0.6 is 0 Å². The van der Waals surface area contributed by atoms with Gasteiger partial charge in [-0.15, -0.1) is 0 Å². The van der Waals surface area contributed by atoms with Crippen molar-refractivity contribution >= 4 is 10.8 Å². The number of benzene rings is 2. The fraction of sp³-hybridized carbons (Fsp3) is 0.440. The van der Waals surface area contributed by atoms with E-state index >= 15 is 0 Å². The number of aryl methyl sites for hydroxylation is 1. The van der Waals surface area contributed by atoms with Crippen molar-refractivity contribution in [2.24, 2.45) is 0 Å². The van der Waals surface area contributed by atoms with Gasteiger partial charge in [0.1, 0.15) is 0 Å². The first-order valence-electron chi connectivity index (χ1n) is 11.2. The highest BCUT2D eigenvalue weighted by atomic mass is 16.2. The molecule has 1 aliphatic rings. The lowest BCUT2D eigenvalue weighted by Crippen LogP contribution is -2.39. The zero-order chi connectivity index (χ0) is 20.8. The fourth-order valence-corrected chi connectivity index (χ4v) is 4.45. The Labute approximate surface area is 177 Å². The summed E-state index contributed by atoms with van der Waals surface area (Å²) in [5.41, 5.74) is 1.06. The van der Waals surface area contributed by atoms with Gasteiger partial charge in [-0.3, -0.25) is 14.3 Å². The summed E-state index contributed by atoms with van der Waals surface area (Å²) in [5, 5.41) is 2.64. The number of fused-ring (bicyclic) bond motifs is 3. The van der Waals surface area contributed by atoms with Gasteiger partial charge in [0.05, 0.1) is 0 Å². The van der Waals surface area contributed by atoms with Gasteiger partial charge in [0.15, 0.2) is 0 Å². The molecule has 0 radical (unpaired) electrons. The summed E-state index contributed by atoms with van der Waals surface area (Å²) in [5.74, 6) is 0. The van der Waals surface area contributed by atoms with Crippen LogP contribution in [0, 0.1) is 0 Å². The number of hydrogen-bond donors (Lipinski definition) is 0. The molecule has 0 aliphatic carbocycles. The number of hydrogen-bond acceptors (Lipinski definition) is 3. The molecule has 0 N–H and O–H groups in total. The smallest absolute Gasteiger partial charge is 0.300 e. The van der Waals surface area contributed by atoms with Crippen molar-refractivity contribution in [2.45, 2.75) is 58.2 Å². The molecule has 5 heteroatoms. The summed E-state index contributed by atoms with van der Waals surface area (Å²) in [6, 6.07) is 16.7. The van der Waals surface area contributed by atoms with Crippen molar-refractivity contribution in [2.75, 3.05) is 13.1 Å². The van der Waals surface area contributed by atoms with E-state index in [1.54, 1.807) is 10.8 Å². The van der Waals surface area contributed by atoms with Gasteiger partial charge in [0, 0.05) is 31.9 Å². The van der Waals surface area contributed by atoms with Crippen LogP contribution in [-0.4, -0.2) is 27.1 Å². The lowest BCUT2D eigenvalue weighted by atomic mass is 10.0. The summed E-state index contributed by atoms with van der Waals surface area (Å²) in [6.45, 7) is 4.30. The van der Waals surface area contributed by atoms with Crippen LogP contribution < -0.4 is 11.2 Å². The van der Waals surface area contributed by atoms with Crippen LogP contribution in [0.15, 0.2) is 64.3 Å². The van der Waals surface area contributed by atoms with Gasteiger partial charge in [0.25, 0.3) is 5.56 Å². The van der Waals surface area contributed by atoms with Crippen molar-refractivity contribution in [1.29, 1.82) is 0 Å². The van der Waals surface area contributed by atoms with E-state index in [0.29, 0.717) is 13.1 Å². The topological polar surface area (TPSA) is 47.2 Å².